The van der Waals surface area contributed by atoms with E-state index >= 15 is 0 Å². The molecule has 0 aliphatic carbocycles. The number of aromatic nitrogens is 1. The van der Waals surface area contributed by atoms with Crippen molar-refractivity contribution >= 4 is 45.4 Å². The Morgan fingerprint density at radius 1 is 1.24 bits per heavy atom. The Bertz CT molecular complexity index is 913. The van der Waals surface area contributed by atoms with Crippen LogP contribution in [0.2, 0.25) is 5.02 Å². The van der Waals surface area contributed by atoms with Crippen LogP contribution in [0.1, 0.15) is 11.3 Å². The van der Waals surface area contributed by atoms with Crippen LogP contribution >= 0.6 is 22.9 Å². The molecule has 2 N–H and O–H groups in total. The summed E-state index contributed by atoms with van der Waals surface area (Å²) in [6, 6.07) is 11.9. The largest absolute Gasteiger partial charge is 0.331 e. The third-order valence-electron chi connectivity index (χ3n) is 3.42. The van der Waals surface area contributed by atoms with Gasteiger partial charge < -0.3 is 10.6 Å². The predicted octanol–water partition coefficient (Wildman–Crippen LogP) is 5.17. The van der Waals surface area contributed by atoms with E-state index in [0.717, 1.165) is 5.69 Å². The van der Waals surface area contributed by atoms with Crippen LogP contribution in [0, 0.1) is 12.7 Å². The molecule has 3 rings (SSSR count). The van der Waals surface area contributed by atoms with Crippen LogP contribution in [0.5, 0.6) is 0 Å². The lowest BCUT2D eigenvalue weighted by atomic mass is 10.2. The van der Waals surface area contributed by atoms with Crippen molar-refractivity contribution in [3.63, 3.8) is 0 Å². The zero-order chi connectivity index (χ0) is 17.8. The molecule has 2 aromatic carbocycles. The number of nitrogens with one attached hydrogen (secondary N) is 2. The molecule has 3 aromatic rings. The first-order valence-electron chi connectivity index (χ1n) is 7.52. The molecule has 128 valence electrons. The number of amides is 1. The average molecular weight is 376 g/mol. The summed E-state index contributed by atoms with van der Waals surface area (Å²) in [6.07, 6.45) is 0.114. The van der Waals surface area contributed by atoms with Gasteiger partial charge in [-0.3, -0.25) is 4.79 Å². The Morgan fingerprint density at radius 2 is 2.08 bits per heavy atom. The molecule has 0 radical (unpaired) electrons. The van der Waals surface area contributed by atoms with Gasteiger partial charge in [-0.15, -0.1) is 11.3 Å². The minimum Gasteiger partial charge on any atom is -0.331 e. The van der Waals surface area contributed by atoms with Gasteiger partial charge in [-0.2, -0.15) is 0 Å². The molecule has 0 fully saturated rings. The molecular formula is C18H15ClFN3OS. The average Bonchev–Trinajstić information content (AvgIpc) is 2.98. The van der Waals surface area contributed by atoms with Gasteiger partial charge in [0.2, 0.25) is 5.91 Å². The normalized spacial score (nSPS) is 10.5. The van der Waals surface area contributed by atoms with Gasteiger partial charge in [0.15, 0.2) is 5.13 Å². The van der Waals surface area contributed by atoms with Crippen LogP contribution in [0.15, 0.2) is 47.8 Å². The summed E-state index contributed by atoms with van der Waals surface area (Å²) < 4.78 is 13.5. The molecule has 0 spiro atoms. The van der Waals surface area contributed by atoms with Crippen LogP contribution in [0.4, 0.5) is 20.9 Å². The van der Waals surface area contributed by atoms with E-state index in [1.807, 2.05) is 17.5 Å². The number of anilines is 3. The van der Waals surface area contributed by atoms with E-state index in [1.54, 1.807) is 31.2 Å². The molecule has 1 amide bonds. The van der Waals surface area contributed by atoms with Crippen molar-refractivity contribution in [2.75, 3.05) is 10.6 Å². The molecule has 0 aliphatic rings. The Morgan fingerprint density at radius 3 is 2.84 bits per heavy atom. The molecule has 0 aliphatic heterocycles. The lowest BCUT2D eigenvalue weighted by Crippen LogP contribution is -2.14. The van der Waals surface area contributed by atoms with E-state index in [0.29, 0.717) is 27.1 Å². The first-order chi connectivity index (χ1) is 12.0. The summed E-state index contributed by atoms with van der Waals surface area (Å²) in [6.45, 7) is 1.67. The molecule has 0 bridgehead atoms. The van der Waals surface area contributed by atoms with E-state index in [2.05, 4.69) is 15.6 Å². The predicted molar refractivity (Wildman–Crippen MR) is 100 cm³/mol. The quantitative estimate of drug-likeness (QED) is 0.646. The smallest absolute Gasteiger partial charge is 0.230 e. The van der Waals surface area contributed by atoms with Crippen molar-refractivity contribution in [1.82, 2.24) is 4.98 Å². The zero-order valence-corrected chi connectivity index (χ0v) is 14.9. The molecule has 1 heterocycles. The van der Waals surface area contributed by atoms with Crippen molar-refractivity contribution in [3.8, 4) is 0 Å². The van der Waals surface area contributed by atoms with E-state index in [9.17, 15) is 9.18 Å². The van der Waals surface area contributed by atoms with Crippen LogP contribution in [0.25, 0.3) is 0 Å². The highest BCUT2D eigenvalue weighted by Gasteiger charge is 2.09. The van der Waals surface area contributed by atoms with Crippen LogP contribution < -0.4 is 10.6 Å². The maximum Gasteiger partial charge on any atom is 0.230 e. The van der Waals surface area contributed by atoms with Gasteiger partial charge in [0.05, 0.1) is 12.1 Å². The Balaban J connectivity index is 1.60. The Hall–Kier alpha value is -2.44. The van der Waals surface area contributed by atoms with Gasteiger partial charge in [-0.05, 0) is 42.8 Å². The van der Waals surface area contributed by atoms with E-state index in [-0.39, 0.29) is 18.1 Å². The third kappa shape index (κ3) is 4.78. The van der Waals surface area contributed by atoms with Crippen LogP contribution in [0.3, 0.4) is 0 Å². The van der Waals surface area contributed by atoms with Crippen molar-refractivity contribution in [3.05, 3.63) is 69.9 Å². The number of rotatable bonds is 5. The number of benzene rings is 2. The van der Waals surface area contributed by atoms with Gasteiger partial charge in [0, 0.05) is 21.8 Å². The molecule has 7 heteroatoms. The first kappa shape index (κ1) is 17.4. The molecule has 4 nitrogen and oxygen atoms in total. The molecule has 1 aromatic heterocycles. The summed E-state index contributed by atoms with van der Waals surface area (Å²) in [5.41, 5.74) is 2.43. The minimum absolute atomic E-state index is 0.114. The highest BCUT2D eigenvalue weighted by molar-refractivity contribution is 7.13. The van der Waals surface area contributed by atoms with Crippen molar-refractivity contribution < 1.29 is 9.18 Å². The third-order valence-corrected chi connectivity index (χ3v) is 4.47. The number of halogens is 2. The summed E-state index contributed by atoms with van der Waals surface area (Å²) in [4.78, 5) is 16.5. The number of carbonyl (C=O) groups is 1. The fourth-order valence-corrected chi connectivity index (χ4v) is 3.10. The van der Waals surface area contributed by atoms with Gasteiger partial charge >= 0.3 is 0 Å². The number of hydrogen-bond donors (Lipinski definition) is 2. The topological polar surface area (TPSA) is 54.0 Å². The van der Waals surface area contributed by atoms with Gasteiger partial charge in [0.25, 0.3) is 0 Å². The Kier molecular flexibility index (Phi) is 5.31. The van der Waals surface area contributed by atoms with Crippen LogP contribution in [-0.4, -0.2) is 10.9 Å². The summed E-state index contributed by atoms with van der Waals surface area (Å²) in [5, 5.41) is 8.93. The molecule has 0 saturated heterocycles. The highest BCUT2D eigenvalue weighted by Crippen LogP contribution is 2.23. The van der Waals surface area contributed by atoms with Gasteiger partial charge in [-0.1, -0.05) is 23.7 Å². The fraction of sp³-hybridized carbons (Fsp3) is 0.111. The molecule has 0 saturated carbocycles. The van der Waals surface area contributed by atoms with E-state index in [1.165, 1.54) is 17.4 Å². The lowest BCUT2D eigenvalue weighted by Gasteiger charge is -2.05. The van der Waals surface area contributed by atoms with E-state index in [4.69, 9.17) is 11.6 Å². The molecule has 0 atom stereocenters. The van der Waals surface area contributed by atoms with Crippen molar-refractivity contribution in [1.29, 1.82) is 0 Å². The van der Waals surface area contributed by atoms with Crippen molar-refractivity contribution in [2.24, 2.45) is 0 Å². The summed E-state index contributed by atoms with van der Waals surface area (Å²) >= 11 is 7.34. The molecule has 25 heavy (non-hydrogen) atoms. The standard InChI is InChI=1S/C18H15ClFN3OS/c1-11-5-6-14(8-16(11)20)21-17(24)9-15-10-25-18(23-15)22-13-4-2-3-12(19)7-13/h2-8,10H,9H2,1H3,(H,21,24)(H,22,23). The Labute approximate surface area is 153 Å². The number of carbonyl (C=O) groups excluding carboxylic acids is 1. The van der Waals surface area contributed by atoms with Gasteiger partial charge in [0.1, 0.15) is 5.82 Å². The second kappa shape index (κ2) is 7.63. The lowest BCUT2D eigenvalue weighted by molar-refractivity contribution is -0.115. The second-order valence-electron chi connectivity index (χ2n) is 5.47. The second-order valence-corrected chi connectivity index (χ2v) is 6.76. The van der Waals surface area contributed by atoms with E-state index < -0.39 is 0 Å². The maximum absolute atomic E-state index is 13.5. The number of hydrogen-bond acceptors (Lipinski definition) is 4. The maximum atomic E-state index is 13.5. The fourth-order valence-electron chi connectivity index (χ4n) is 2.18. The summed E-state index contributed by atoms with van der Waals surface area (Å²) in [5.74, 6) is -0.595. The molecular weight excluding hydrogens is 361 g/mol. The first-order valence-corrected chi connectivity index (χ1v) is 8.78. The summed E-state index contributed by atoms with van der Waals surface area (Å²) in [7, 11) is 0. The number of thiazole rings is 1. The van der Waals surface area contributed by atoms with Gasteiger partial charge in [-0.25, -0.2) is 9.37 Å². The number of aryl methyl sites for hydroxylation is 1. The molecule has 0 unspecified atom stereocenters. The monoisotopic (exact) mass is 375 g/mol. The highest BCUT2D eigenvalue weighted by atomic mass is 35.5. The number of nitrogens with zero attached hydrogens (tertiary/aromatic N) is 1. The van der Waals surface area contributed by atoms with Crippen LogP contribution in [-0.2, 0) is 11.2 Å². The minimum atomic E-state index is -0.348. The van der Waals surface area contributed by atoms with Crippen molar-refractivity contribution in [2.45, 2.75) is 13.3 Å². The zero-order valence-electron chi connectivity index (χ0n) is 13.3. The SMILES string of the molecule is Cc1ccc(NC(=O)Cc2csc(Nc3cccc(Cl)c3)n2)cc1F.